The van der Waals surface area contributed by atoms with E-state index in [1.807, 2.05) is 5.38 Å². The van der Waals surface area contributed by atoms with E-state index in [9.17, 15) is 0 Å². The zero-order chi connectivity index (χ0) is 8.81. The molecule has 0 saturated carbocycles. The molecular formula is C7H12N4S. The number of hydrazine groups is 1. The summed E-state index contributed by atoms with van der Waals surface area (Å²) < 4.78 is 0. The van der Waals surface area contributed by atoms with Crippen LogP contribution in [-0.4, -0.2) is 12.5 Å². The van der Waals surface area contributed by atoms with Gasteiger partial charge in [0.2, 0.25) is 5.96 Å². The summed E-state index contributed by atoms with van der Waals surface area (Å²) in [6.45, 7) is 0.673. The number of nitrogens with zero attached hydrogens (tertiary/aromatic N) is 1. The predicted molar refractivity (Wildman–Crippen MR) is 51.8 cm³/mol. The Labute approximate surface area is 75.3 Å². The van der Waals surface area contributed by atoms with E-state index in [1.54, 1.807) is 11.3 Å². The quantitative estimate of drug-likeness (QED) is 0.269. The van der Waals surface area contributed by atoms with Gasteiger partial charge >= 0.3 is 0 Å². The lowest BCUT2D eigenvalue weighted by Crippen LogP contribution is -2.37. The maximum absolute atomic E-state index is 5.33. The van der Waals surface area contributed by atoms with Crippen LogP contribution >= 0.6 is 11.3 Å². The fourth-order valence-electron chi connectivity index (χ4n) is 0.786. The third-order valence-electron chi connectivity index (χ3n) is 1.41. The molecule has 0 atom stereocenters. The molecule has 66 valence electrons. The summed E-state index contributed by atoms with van der Waals surface area (Å²) in [7, 11) is 0. The number of guanidine groups is 1. The standard InChI is InChI=1S/C7H12N4S/c8-7(11-9)10-3-1-6-2-4-12-5-6/h2,4-5H,1,3,9H2,(H3,8,10,11). The number of aliphatic imine (C=N–C) groups is 1. The highest BCUT2D eigenvalue weighted by molar-refractivity contribution is 7.07. The first-order valence-electron chi connectivity index (χ1n) is 3.60. The van der Waals surface area contributed by atoms with Crippen LogP contribution in [0.2, 0.25) is 0 Å². The average Bonchev–Trinajstić information content (AvgIpc) is 2.57. The molecule has 5 N–H and O–H groups in total. The highest BCUT2D eigenvalue weighted by atomic mass is 32.1. The van der Waals surface area contributed by atoms with Gasteiger partial charge < -0.3 is 5.73 Å². The summed E-state index contributed by atoms with van der Waals surface area (Å²) >= 11 is 1.68. The van der Waals surface area contributed by atoms with Crippen molar-refractivity contribution in [3.63, 3.8) is 0 Å². The molecular weight excluding hydrogens is 172 g/mol. The van der Waals surface area contributed by atoms with Gasteiger partial charge in [0.15, 0.2) is 0 Å². The summed E-state index contributed by atoms with van der Waals surface area (Å²) in [5.74, 6) is 5.31. The lowest BCUT2D eigenvalue weighted by Gasteiger charge is -1.97. The van der Waals surface area contributed by atoms with Crippen LogP contribution in [0.3, 0.4) is 0 Å². The van der Waals surface area contributed by atoms with E-state index in [2.05, 4.69) is 21.9 Å². The van der Waals surface area contributed by atoms with Gasteiger partial charge in [-0.1, -0.05) is 0 Å². The van der Waals surface area contributed by atoms with Gasteiger partial charge in [-0.15, -0.1) is 0 Å². The molecule has 4 nitrogen and oxygen atoms in total. The second-order valence-corrected chi connectivity index (χ2v) is 3.07. The van der Waals surface area contributed by atoms with Gasteiger partial charge in [0.25, 0.3) is 0 Å². The number of rotatable bonds is 3. The van der Waals surface area contributed by atoms with Crippen LogP contribution in [0.25, 0.3) is 0 Å². The maximum Gasteiger partial charge on any atom is 0.203 e. The average molecular weight is 184 g/mol. The van der Waals surface area contributed by atoms with Gasteiger partial charge in [0, 0.05) is 6.54 Å². The van der Waals surface area contributed by atoms with E-state index < -0.39 is 0 Å². The third kappa shape index (κ3) is 2.89. The third-order valence-corrected chi connectivity index (χ3v) is 2.14. The molecule has 1 aromatic rings. The van der Waals surface area contributed by atoms with Gasteiger partial charge in [-0.2, -0.15) is 11.3 Å². The van der Waals surface area contributed by atoms with Crippen molar-refractivity contribution in [1.29, 1.82) is 0 Å². The minimum Gasteiger partial charge on any atom is -0.369 e. The Bertz CT molecular complexity index is 242. The second kappa shape index (κ2) is 4.74. The number of hydrogen-bond acceptors (Lipinski definition) is 3. The predicted octanol–water partition coefficient (Wildman–Crippen LogP) is 0.0686. The first-order chi connectivity index (χ1) is 5.83. The molecule has 0 aliphatic carbocycles. The summed E-state index contributed by atoms with van der Waals surface area (Å²) in [6.07, 6.45) is 0.909. The fraction of sp³-hybridized carbons (Fsp3) is 0.286. The Morgan fingerprint density at radius 3 is 3.08 bits per heavy atom. The molecule has 12 heavy (non-hydrogen) atoms. The fourth-order valence-corrected chi connectivity index (χ4v) is 1.49. The SMILES string of the molecule is NNC(N)=NCCc1ccsc1. The van der Waals surface area contributed by atoms with Crippen LogP contribution in [0.15, 0.2) is 21.8 Å². The minimum atomic E-state index is 0.283. The van der Waals surface area contributed by atoms with E-state index >= 15 is 0 Å². The molecule has 1 rings (SSSR count). The van der Waals surface area contributed by atoms with Gasteiger partial charge in [-0.05, 0) is 28.8 Å². The molecule has 0 saturated heterocycles. The van der Waals surface area contributed by atoms with Crippen molar-refractivity contribution in [3.05, 3.63) is 22.4 Å². The van der Waals surface area contributed by atoms with Gasteiger partial charge in [-0.3, -0.25) is 10.4 Å². The van der Waals surface area contributed by atoms with Crippen LogP contribution < -0.4 is 17.0 Å². The molecule has 0 bridgehead atoms. The summed E-state index contributed by atoms with van der Waals surface area (Å²) in [5.41, 5.74) is 8.89. The number of thiophene rings is 1. The van der Waals surface area contributed by atoms with Gasteiger partial charge in [-0.25, -0.2) is 5.84 Å². The molecule has 0 spiro atoms. The van der Waals surface area contributed by atoms with Crippen LogP contribution in [0.5, 0.6) is 0 Å². The number of hydrogen-bond donors (Lipinski definition) is 3. The van der Waals surface area contributed by atoms with E-state index in [0.717, 1.165) is 6.42 Å². The van der Waals surface area contributed by atoms with Crippen LogP contribution in [0, 0.1) is 0 Å². The van der Waals surface area contributed by atoms with E-state index in [0.29, 0.717) is 6.54 Å². The van der Waals surface area contributed by atoms with Crippen molar-refractivity contribution in [2.75, 3.05) is 6.54 Å². The Kier molecular flexibility index (Phi) is 3.56. The topological polar surface area (TPSA) is 76.4 Å². The van der Waals surface area contributed by atoms with Crippen molar-refractivity contribution >= 4 is 17.3 Å². The Morgan fingerprint density at radius 2 is 2.50 bits per heavy atom. The highest BCUT2D eigenvalue weighted by Crippen LogP contribution is 2.05. The summed E-state index contributed by atoms with van der Waals surface area (Å²) in [4.78, 5) is 3.98. The lowest BCUT2D eigenvalue weighted by atomic mass is 10.2. The minimum absolute atomic E-state index is 0.283. The van der Waals surface area contributed by atoms with Crippen molar-refractivity contribution in [2.45, 2.75) is 6.42 Å². The highest BCUT2D eigenvalue weighted by Gasteiger charge is 1.91. The number of nitrogens with one attached hydrogen (secondary N) is 1. The van der Waals surface area contributed by atoms with E-state index in [1.165, 1.54) is 5.56 Å². The van der Waals surface area contributed by atoms with Crippen LogP contribution in [0.4, 0.5) is 0 Å². The molecule has 0 aliphatic heterocycles. The molecule has 0 aromatic carbocycles. The van der Waals surface area contributed by atoms with Crippen LogP contribution in [0.1, 0.15) is 5.56 Å². The Hall–Kier alpha value is -1.07. The lowest BCUT2D eigenvalue weighted by molar-refractivity contribution is 0.926. The van der Waals surface area contributed by atoms with Crippen molar-refractivity contribution < 1.29 is 0 Å². The number of nitrogens with two attached hydrogens (primary N) is 2. The van der Waals surface area contributed by atoms with Crippen molar-refractivity contribution in [2.24, 2.45) is 16.6 Å². The zero-order valence-corrected chi connectivity index (χ0v) is 7.47. The molecule has 1 heterocycles. The van der Waals surface area contributed by atoms with E-state index in [4.69, 9.17) is 11.6 Å². The zero-order valence-electron chi connectivity index (χ0n) is 6.66. The molecule has 0 radical (unpaired) electrons. The Balaban J connectivity index is 2.28. The first kappa shape index (κ1) is 9.02. The van der Waals surface area contributed by atoms with Crippen molar-refractivity contribution in [3.8, 4) is 0 Å². The molecule has 5 heteroatoms. The Morgan fingerprint density at radius 1 is 1.67 bits per heavy atom. The largest absolute Gasteiger partial charge is 0.369 e. The maximum atomic E-state index is 5.33. The smallest absolute Gasteiger partial charge is 0.203 e. The van der Waals surface area contributed by atoms with Crippen LogP contribution in [-0.2, 0) is 6.42 Å². The van der Waals surface area contributed by atoms with Gasteiger partial charge in [0.05, 0.1) is 0 Å². The van der Waals surface area contributed by atoms with Gasteiger partial charge in [0.1, 0.15) is 0 Å². The molecule has 1 aromatic heterocycles. The molecule has 0 amide bonds. The summed E-state index contributed by atoms with van der Waals surface area (Å²) in [5, 5.41) is 4.14. The molecule has 0 fully saturated rings. The normalized spacial score (nSPS) is 11.6. The molecule has 0 aliphatic rings. The monoisotopic (exact) mass is 184 g/mol. The second-order valence-electron chi connectivity index (χ2n) is 2.29. The van der Waals surface area contributed by atoms with Crippen molar-refractivity contribution in [1.82, 2.24) is 5.43 Å². The first-order valence-corrected chi connectivity index (χ1v) is 4.55. The molecule has 0 unspecified atom stereocenters. The summed E-state index contributed by atoms with van der Waals surface area (Å²) in [6, 6.07) is 2.08. The van der Waals surface area contributed by atoms with E-state index in [-0.39, 0.29) is 5.96 Å².